The minimum Gasteiger partial charge on any atom is -0.330 e. The maximum absolute atomic E-state index is 11.1. The lowest BCUT2D eigenvalue weighted by Crippen LogP contribution is -2.13. The molecule has 5 heteroatoms. The summed E-state index contributed by atoms with van der Waals surface area (Å²) in [5, 5.41) is 5.35. The van der Waals surface area contributed by atoms with Gasteiger partial charge in [0, 0.05) is 13.8 Å². The van der Waals surface area contributed by atoms with Crippen LogP contribution in [0.5, 0.6) is 0 Å². The number of hydrogen-bond donors (Lipinski definition) is 3. The molecular weight excluding hydrogens is 218 g/mol. The van der Waals surface area contributed by atoms with Gasteiger partial charge in [0.05, 0.1) is 11.4 Å². The summed E-state index contributed by atoms with van der Waals surface area (Å²) in [4.78, 5) is 22.1. The summed E-state index contributed by atoms with van der Waals surface area (Å²) in [5.41, 5.74) is 7.68. The molecule has 0 atom stereocenters. The van der Waals surface area contributed by atoms with Crippen molar-refractivity contribution in [2.75, 3.05) is 17.2 Å². The van der Waals surface area contributed by atoms with Crippen LogP contribution in [0.2, 0.25) is 0 Å². The van der Waals surface area contributed by atoms with E-state index in [1.54, 1.807) is 6.07 Å². The molecule has 0 aliphatic heterocycles. The van der Waals surface area contributed by atoms with Gasteiger partial charge in [0.25, 0.3) is 0 Å². The number of benzene rings is 1. The quantitative estimate of drug-likeness (QED) is 0.730. The Morgan fingerprint density at radius 1 is 1.12 bits per heavy atom. The van der Waals surface area contributed by atoms with Crippen molar-refractivity contribution in [3.05, 3.63) is 23.8 Å². The average molecular weight is 235 g/mol. The van der Waals surface area contributed by atoms with E-state index >= 15 is 0 Å². The first-order valence-corrected chi connectivity index (χ1v) is 5.41. The molecule has 1 aromatic rings. The molecule has 5 nitrogen and oxygen atoms in total. The summed E-state index contributed by atoms with van der Waals surface area (Å²) >= 11 is 0. The number of carbonyl (C=O) groups is 2. The lowest BCUT2D eigenvalue weighted by Gasteiger charge is -2.12. The Morgan fingerprint density at radius 2 is 1.71 bits per heavy atom. The summed E-state index contributed by atoms with van der Waals surface area (Å²) in [7, 11) is 0. The largest absolute Gasteiger partial charge is 0.330 e. The molecule has 0 saturated carbocycles. The van der Waals surface area contributed by atoms with Gasteiger partial charge in [-0.15, -0.1) is 0 Å². The van der Waals surface area contributed by atoms with Crippen LogP contribution < -0.4 is 16.4 Å². The van der Waals surface area contributed by atoms with Crippen LogP contribution in [0.3, 0.4) is 0 Å². The minimum absolute atomic E-state index is 0.178. The summed E-state index contributed by atoms with van der Waals surface area (Å²) in [6.07, 6.45) is 0.729. The van der Waals surface area contributed by atoms with Crippen molar-refractivity contribution >= 4 is 23.2 Å². The zero-order valence-electron chi connectivity index (χ0n) is 10.0. The molecule has 0 unspecified atom stereocenters. The van der Waals surface area contributed by atoms with Gasteiger partial charge in [-0.1, -0.05) is 6.07 Å². The monoisotopic (exact) mass is 235 g/mol. The van der Waals surface area contributed by atoms with Gasteiger partial charge in [-0.3, -0.25) is 9.59 Å². The van der Waals surface area contributed by atoms with E-state index in [1.807, 2.05) is 12.1 Å². The highest BCUT2D eigenvalue weighted by molar-refractivity contribution is 5.98. The van der Waals surface area contributed by atoms with Gasteiger partial charge in [0.1, 0.15) is 0 Å². The fourth-order valence-electron chi connectivity index (χ4n) is 1.51. The zero-order valence-corrected chi connectivity index (χ0v) is 10.0. The van der Waals surface area contributed by atoms with E-state index in [-0.39, 0.29) is 11.8 Å². The standard InChI is InChI=1S/C12H17N3O2/c1-8(16)14-11-4-3-10(5-6-13)7-12(11)15-9(2)17/h3-4,7H,5-6,13H2,1-2H3,(H,14,16)(H,15,17). The molecule has 17 heavy (non-hydrogen) atoms. The van der Waals surface area contributed by atoms with Crippen LogP contribution in [0, 0.1) is 0 Å². The van der Waals surface area contributed by atoms with Gasteiger partial charge in [-0.2, -0.15) is 0 Å². The van der Waals surface area contributed by atoms with Crippen molar-refractivity contribution < 1.29 is 9.59 Å². The molecule has 0 saturated heterocycles. The molecule has 0 fully saturated rings. The lowest BCUT2D eigenvalue weighted by atomic mass is 10.1. The van der Waals surface area contributed by atoms with Gasteiger partial charge in [-0.25, -0.2) is 0 Å². The average Bonchev–Trinajstić information content (AvgIpc) is 2.21. The van der Waals surface area contributed by atoms with Gasteiger partial charge >= 0.3 is 0 Å². The summed E-state index contributed by atoms with van der Waals surface area (Å²) in [6, 6.07) is 5.46. The van der Waals surface area contributed by atoms with Crippen LogP contribution in [0.1, 0.15) is 19.4 Å². The summed E-state index contributed by atoms with van der Waals surface area (Å²) < 4.78 is 0. The predicted octanol–water partition coefficient (Wildman–Crippen LogP) is 1.10. The molecule has 0 aliphatic rings. The molecule has 1 rings (SSSR count). The summed E-state index contributed by atoms with van der Waals surface area (Å²) in [6.45, 7) is 3.39. The van der Waals surface area contributed by atoms with Crippen LogP contribution >= 0.6 is 0 Å². The van der Waals surface area contributed by atoms with Gasteiger partial charge in [0.15, 0.2) is 0 Å². The molecule has 92 valence electrons. The second-order valence-electron chi connectivity index (χ2n) is 3.78. The minimum atomic E-state index is -0.179. The van der Waals surface area contributed by atoms with Gasteiger partial charge < -0.3 is 16.4 Å². The Balaban J connectivity index is 3.02. The Hall–Kier alpha value is -1.88. The lowest BCUT2D eigenvalue weighted by molar-refractivity contribution is -0.115. The zero-order chi connectivity index (χ0) is 12.8. The molecular formula is C12H17N3O2. The fraction of sp³-hybridized carbons (Fsp3) is 0.333. The Morgan fingerprint density at radius 3 is 2.24 bits per heavy atom. The number of carbonyl (C=O) groups excluding carboxylic acids is 2. The SMILES string of the molecule is CC(=O)Nc1ccc(CCN)cc1NC(C)=O. The topological polar surface area (TPSA) is 84.2 Å². The number of amides is 2. The molecule has 0 heterocycles. The molecule has 1 aromatic carbocycles. The highest BCUT2D eigenvalue weighted by atomic mass is 16.2. The number of rotatable bonds is 4. The molecule has 2 amide bonds. The van der Waals surface area contributed by atoms with E-state index in [2.05, 4.69) is 10.6 Å². The van der Waals surface area contributed by atoms with Crippen molar-refractivity contribution in [3.63, 3.8) is 0 Å². The van der Waals surface area contributed by atoms with Crippen LogP contribution in [-0.4, -0.2) is 18.4 Å². The van der Waals surface area contributed by atoms with E-state index < -0.39 is 0 Å². The number of anilines is 2. The smallest absolute Gasteiger partial charge is 0.221 e. The molecule has 4 N–H and O–H groups in total. The number of nitrogens with two attached hydrogens (primary N) is 1. The second-order valence-corrected chi connectivity index (χ2v) is 3.78. The number of nitrogens with one attached hydrogen (secondary N) is 2. The van der Waals surface area contributed by atoms with Crippen molar-refractivity contribution in [3.8, 4) is 0 Å². The molecule has 0 aromatic heterocycles. The normalized spacial score (nSPS) is 9.82. The van der Waals surface area contributed by atoms with E-state index in [1.165, 1.54) is 13.8 Å². The highest BCUT2D eigenvalue weighted by Gasteiger charge is 2.06. The van der Waals surface area contributed by atoms with E-state index in [0.717, 1.165) is 12.0 Å². The van der Waals surface area contributed by atoms with Crippen LogP contribution in [0.25, 0.3) is 0 Å². The van der Waals surface area contributed by atoms with E-state index in [4.69, 9.17) is 5.73 Å². The van der Waals surface area contributed by atoms with E-state index in [9.17, 15) is 9.59 Å². The maximum Gasteiger partial charge on any atom is 0.221 e. The third kappa shape index (κ3) is 4.24. The van der Waals surface area contributed by atoms with Crippen LogP contribution in [0.4, 0.5) is 11.4 Å². The maximum atomic E-state index is 11.1. The van der Waals surface area contributed by atoms with Crippen molar-refractivity contribution in [1.82, 2.24) is 0 Å². The third-order valence-corrected chi connectivity index (χ3v) is 2.14. The van der Waals surface area contributed by atoms with Crippen molar-refractivity contribution in [2.45, 2.75) is 20.3 Å². The van der Waals surface area contributed by atoms with E-state index in [0.29, 0.717) is 17.9 Å². The highest BCUT2D eigenvalue weighted by Crippen LogP contribution is 2.23. The predicted molar refractivity (Wildman–Crippen MR) is 67.8 cm³/mol. The van der Waals surface area contributed by atoms with Crippen LogP contribution in [-0.2, 0) is 16.0 Å². The Labute approximate surface area is 100 Å². The first kappa shape index (κ1) is 13.2. The molecule has 0 radical (unpaired) electrons. The van der Waals surface area contributed by atoms with Crippen LogP contribution in [0.15, 0.2) is 18.2 Å². The third-order valence-electron chi connectivity index (χ3n) is 2.14. The van der Waals surface area contributed by atoms with Gasteiger partial charge in [0.2, 0.25) is 11.8 Å². The Kier molecular flexibility index (Phi) is 4.66. The molecule has 0 aliphatic carbocycles. The first-order valence-electron chi connectivity index (χ1n) is 5.41. The van der Waals surface area contributed by atoms with Crippen molar-refractivity contribution in [2.24, 2.45) is 5.73 Å². The second kappa shape index (κ2) is 6.00. The van der Waals surface area contributed by atoms with Crippen molar-refractivity contribution in [1.29, 1.82) is 0 Å². The fourth-order valence-corrected chi connectivity index (χ4v) is 1.51. The van der Waals surface area contributed by atoms with Gasteiger partial charge in [-0.05, 0) is 30.7 Å². The number of hydrogen-bond acceptors (Lipinski definition) is 3. The molecule has 0 bridgehead atoms. The Bertz CT molecular complexity index is 430. The summed E-state index contributed by atoms with van der Waals surface area (Å²) in [5.74, 6) is -0.357. The first-order chi connectivity index (χ1) is 8.02. The molecule has 0 spiro atoms.